The van der Waals surface area contributed by atoms with Crippen molar-refractivity contribution >= 4 is 17.1 Å². The standard InChI is InChI=1S/C21H26F3N3/c1-14-15(2)20(8-3-16(14)13-25)26-18-4-6-19(7-5-18)27-11-9-17(10-12-27)21(22,23)24/h3-8,17,26H,9-13,25H2,1-2H3. The normalized spacial score (nSPS) is 15.9. The highest BCUT2D eigenvalue weighted by Gasteiger charge is 2.41. The van der Waals surface area contributed by atoms with Crippen molar-refractivity contribution in [3.8, 4) is 0 Å². The van der Waals surface area contributed by atoms with E-state index in [0.717, 1.165) is 28.2 Å². The zero-order valence-electron chi connectivity index (χ0n) is 15.7. The Morgan fingerprint density at radius 2 is 1.63 bits per heavy atom. The fourth-order valence-corrected chi connectivity index (χ4v) is 3.61. The van der Waals surface area contributed by atoms with Crippen molar-refractivity contribution in [3.63, 3.8) is 0 Å². The average molecular weight is 377 g/mol. The molecule has 27 heavy (non-hydrogen) atoms. The first-order valence-electron chi connectivity index (χ1n) is 9.27. The van der Waals surface area contributed by atoms with Gasteiger partial charge in [-0.15, -0.1) is 0 Å². The van der Waals surface area contributed by atoms with Crippen LogP contribution in [0.4, 0.5) is 30.2 Å². The molecule has 0 atom stereocenters. The number of rotatable bonds is 4. The molecule has 6 heteroatoms. The number of nitrogens with one attached hydrogen (secondary N) is 1. The second kappa shape index (κ2) is 7.80. The molecule has 0 spiro atoms. The number of nitrogens with zero attached hydrogens (tertiary/aromatic N) is 1. The minimum Gasteiger partial charge on any atom is -0.372 e. The van der Waals surface area contributed by atoms with Crippen LogP contribution in [0.1, 0.15) is 29.5 Å². The van der Waals surface area contributed by atoms with Gasteiger partial charge in [0.15, 0.2) is 0 Å². The second-order valence-corrected chi connectivity index (χ2v) is 7.20. The second-order valence-electron chi connectivity index (χ2n) is 7.20. The van der Waals surface area contributed by atoms with Crippen LogP contribution in [0.15, 0.2) is 36.4 Å². The summed E-state index contributed by atoms with van der Waals surface area (Å²) in [6.45, 7) is 5.53. The maximum Gasteiger partial charge on any atom is 0.391 e. The first-order chi connectivity index (χ1) is 12.8. The topological polar surface area (TPSA) is 41.3 Å². The van der Waals surface area contributed by atoms with Gasteiger partial charge in [0.2, 0.25) is 0 Å². The number of hydrogen-bond acceptors (Lipinski definition) is 3. The smallest absolute Gasteiger partial charge is 0.372 e. The molecule has 0 aliphatic carbocycles. The summed E-state index contributed by atoms with van der Waals surface area (Å²) in [6.07, 6.45) is -3.75. The van der Waals surface area contributed by atoms with E-state index in [-0.39, 0.29) is 12.8 Å². The summed E-state index contributed by atoms with van der Waals surface area (Å²) in [4.78, 5) is 2.03. The third kappa shape index (κ3) is 4.38. The van der Waals surface area contributed by atoms with E-state index in [1.54, 1.807) is 0 Å². The SMILES string of the molecule is Cc1c(CN)ccc(Nc2ccc(N3CCC(C(F)(F)F)CC3)cc2)c1C. The van der Waals surface area contributed by atoms with Crippen LogP contribution in [0.5, 0.6) is 0 Å². The summed E-state index contributed by atoms with van der Waals surface area (Å²) in [5.74, 6) is -1.17. The number of benzene rings is 2. The van der Waals surface area contributed by atoms with Gasteiger partial charge in [0.25, 0.3) is 0 Å². The van der Waals surface area contributed by atoms with E-state index in [4.69, 9.17) is 5.73 Å². The Bertz CT molecular complexity index is 776. The molecule has 3 rings (SSSR count). The molecule has 2 aromatic carbocycles. The van der Waals surface area contributed by atoms with Crippen LogP contribution in [0.25, 0.3) is 0 Å². The lowest BCUT2D eigenvalue weighted by Gasteiger charge is -2.34. The zero-order chi connectivity index (χ0) is 19.6. The van der Waals surface area contributed by atoms with Gasteiger partial charge < -0.3 is 16.0 Å². The molecule has 1 saturated heterocycles. The van der Waals surface area contributed by atoms with Gasteiger partial charge in [0.05, 0.1) is 5.92 Å². The van der Waals surface area contributed by atoms with Gasteiger partial charge >= 0.3 is 6.18 Å². The van der Waals surface area contributed by atoms with Gasteiger partial charge in [-0.1, -0.05) is 6.07 Å². The molecule has 0 bridgehead atoms. The Morgan fingerprint density at radius 3 is 2.19 bits per heavy atom. The quantitative estimate of drug-likeness (QED) is 0.761. The van der Waals surface area contributed by atoms with E-state index in [2.05, 4.69) is 19.2 Å². The number of alkyl halides is 3. The van der Waals surface area contributed by atoms with Crippen molar-refractivity contribution in [2.75, 3.05) is 23.3 Å². The summed E-state index contributed by atoms with van der Waals surface area (Å²) in [6, 6.07) is 11.9. The third-order valence-electron chi connectivity index (χ3n) is 5.59. The number of halogens is 3. The Morgan fingerprint density at radius 1 is 1.00 bits per heavy atom. The summed E-state index contributed by atoms with van der Waals surface area (Å²) < 4.78 is 38.4. The molecule has 0 unspecified atom stereocenters. The lowest BCUT2D eigenvalue weighted by atomic mass is 9.96. The van der Waals surface area contributed by atoms with Crippen LogP contribution in [0.3, 0.4) is 0 Å². The van der Waals surface area contributed by atoms with Crippen molar-refractivity contribution in [2.45, 2.75) is 39.4 Å². The van der Waals surface area contributed by atoms with E-state index in [0.29, 0.717) is 19.6 Å². The zero-order valence-corrected chi connectivity index (χ0v) is 15.7. The average Bonchev–Trinajstić information content (AvgIpc) is 2.66. The Labute approximate surface area is 158 Å². The highest BCUT2D eigenvalue weighted by Crippen LogP contribution is 2.35. The van der Waals surface area contributed by atoms with Crippen LogP contribution in [-0.4, -0.2) is 19.3 Å². The third-order valence-corrected chi connectivity index (χ3v) is 5.59. The lowest BCUT2D eigenvalue weighted by Crippen LogP contribution is -2.38. The highest BCUT2D eigenvalue weighted by atomic mass is 19.4. The van der Waals surface area contributed by atoms with Crippen molar-refractivity contribution in [2.24, 2.45) is 11.7 Å². The molecule has 2 aromatic rings. The van der Waals surface area contributed by atoms with Crippen LogP contribution in [0.2, 0.25) is 0 Å². The summed E-state index contributed by atoms with van der Waals surface area (Å²) in [5, 5.41) is 3.41. The Balaban J connectivity index is 1.66. The summed E-state index contributed by atoms with van der Waals surface area (Å²) in [5.41, 5.74) is 12.2. The van der Waals surface area contributed by atoms with Crippen molar-refractivity contribution in [3.05, 3.63) is 53.1 Å². The van der Waals surface area contributed by atoms with E-state index in [9.17, 15) is 13.2 Å². The molecule has 1 aliphatic heterocycles. The molecular formula is C21H26F3N3. The predicted octanol–water partition coefficient (Wildman–Crippen LogP) is 5.28. The maximum atomic E-state index is 12.8. The fraction of sp³-hybridized carbons (Fsp3) is 0.429. The van der Waals surface area contributed by atoms with E-state index in [1.807, 2.05) is 41.3 Å². The monoisotopic (exact) mass is 377 g/mol. The molecule has 3 N–H and O–H groups in total. The first kappa shape index (κ1) is 19.5. The van der Waals surface area contributed by atoms with E-state index < -0.39 is 12.1 Å². The van der Waals surface area contributed by atoms with Crippen molar-refractivity contribution in [1.82, 2.24) is 0 Å². The fourth-order valence-electron chi connectivity index (χ4n) is 3.61. The van der Waals surface area contributed by atoms with Gasteiger partial charge in [-0.25, -0.2) is 0 Å². The number of hydrogen-bond donors (Lipinski definition) is 2. The van der Waals surface area contributed by atoms with Gasteiger partial charge in [0, 0.05) is 36.7 Å². The maximum absolute atomic E-state index is 12.8. The Hall–Kier alpha value is -2.21. The first-order valence-corrected chi connectivity index (χ1v) is 9.27. The summed E-state index contributed by atoms with van der Waals surface area (Å²) >= 11 is 0. The number of piperidine rings is 1. The number of nitrogens with two attached hydrogens (primary N) is 1. The molecule has 0 radical (unpaired) electrons. The molecule has 0 aromatic heterocycles. The molecule has 3 nitrogen and oxygen atoms in total. The highest BCUT2D eigenvalue weighted by molar-refractivity contribution is 5.67. The minimum atomic E-state index is -4.07. The van der Waals surface area contributed by atoms with Gasteiger partial charge in [-0.2, -0.15) is 13.2 Å². The molecular weight excluding hydrogens is 351 g/mol. The minimum absolute atomic E-state index is 0.162. The van der Waals surface area contributed by atoms with Crippen molar-refractivity contribution < 1.29 is 13.2 Å². The van der Waals surface area contributed by atoms with Gasteiger partial charge in [-0.3, -0.25) is 0 Å². The molecule has 0 saturated carbocycles. The van der Waals surface area contributed by atoms with Crippen LogP contribution in [-0.2, 0) is 6.54 Å². The van der Waals surface area contributed by atoms with E-state index in [1.165, 1.54) is 5.56 Å². The predicted molar refractivity (Wildman–Crippen MR) is 105 cm³/mol. The van der Waals surface area contributed by atoms with Crippen molar-refractivity contribution in [1.29, 1.82) is 0 Å². The largest absolute Gasteiger partial charge is 0.391 e. The van der Waals surface area contributed by atoms with E-state index >= 15 is 0 Å². The summed E-state index contributed by atoms with van der Waals surface area (Å²) in [7, 11) is 0. The van der Waals surface area contributed by atoms with Crippen LogP contribution in [0, 0.1) is 19.8 Å². The number of anilines is 3. The lowest BCUT2D eigenvalue weighted by molar-refractivity contribution is -0.179. The molecule has 1 aliphatic rings. The van der Waals surface area contributed by atoms with Gasteiger partial charge in [0.1, 0.15) is 0 Å². The molecule has 1 heterocycles. The van der Waals surface area contributed by atoms with Crippen LogP contribution >= 0.6 is 0 Å². The molecule has 0 amide bonds. The molecule has 1 fully saturated rings. The van der Waals surface area contributed by atoms with Crippen LogP contribution < -0.4 is 16.0 Å². The van der Waals surface area contributed by atoms with Gasteiger partial charge in [-0.05, 0) is 73.7 Å². The molecule has 146 valence electrons. The Kier molecular flexibility index (Phi) is 5.65.